The summed E-state index contributed by atoms with van der Waals surface area (Å²) < 4.78 is 13.9. The lowest BCUT2D eigenvalue weighted by atomic mass is 9.92. The van der Waals surface area contributed by atoms with Crippen molar-refractivity contribution in [1.29, 1.82) is 0 Å². The van der Waals surface area contributed by atoms with Crippen LogP contribution in [0.3, 0.4) is 0 Å². The summed E-state index contributed by atoms with van der Waals surface area (Å²) in [7, 11) is 0. The highest BCUT2D eigenvalue weighted by Crippen LogP contribution is 2.52. The molecule has 2 aliphatic carbocycles. The molecule has 1 aromatic heterocycles. The van der Waals surface area contributed by atoms with Crippen molar-refractivity contribution >= 4 is 78.0 Å². The third-order valence-corrected chi connectivity index (χ3v) is 14.5. The molecule has 0 amide bonds. The van der Waals surface area contributed by atoms with E-state index in [-0.39, 0.29) is 0 Å². The van der Waals surface area contributed by atoms with Gasteiger partial charge < -0.3 is 19.0 Å². The lowest BCUT2D eigenvalue weighted by Gasteiger charge is -2.29. The van der Waals surface area contributed by atoms with Gasteiger partial charge in [0.1, 0.15) is 22.7 Å². The molecule has 332 valence electrons. The van der Waals surface area contributed by atoms with Crippen LogP contribution in [0, 0.1) is 0 Å². The SMILES string of the molecule is C1=CCCC(N(c2ccc(-c3ccc4c(c3)C=CCC4)cc2)c2ccc3c(c2)oc2cc4c5c(cccc5c23)Oc2cc(N(c3ccccc3)c3ccc(-c5ccc6ccccc6c5)cc3)ccc2-4)=C1. The molecule has 4 heteroatoms. The van der Waals surface area contributed by atoms with Gasteiger partial charge in [0.15, 0.2) is 0 Å². The summed E-state index contributed by atoms with van der Waals surface area (Å²) >= 11 is 0. The lowest BCUT2D eigenvalue weighted by Crippen LogP contribution is -2.17. The van der Waals surface area contributed by atoms with E-state index in [2.05, 4.69) is 240 Å². The highest BCUT2D eigenvalue weighted by atomic mass is 16.5. The molecule has 70 heavy (non-hydrogen) atoms. The van der Waals surface area contributed by atoms with Crippen molar-refractivity contribution in [2.75, 3.05) is 9.80 Å². The predicted molar refractivity (Wildman–Crippen MR) is 292 cm³/mol. The zero-order valence-electron chi connectivity index (χ0n) is 38.5. The van der Waals surface area contributed by atoms with E-state index in [9.17, 15) is 0 Å². The van der Waals surface area contributed by atoms with Gasteiger partial charge in [-0.2, -0.15) is 0 Å². The molecule has 0 atom stereocenters. The van der Waals surface area contributed by atoms with E-state index >= 15 is 0 Å². The van der Waals surface area contributed by atoms with Gasteiger partial charge in [-0.05, 0) is 166 Å². The van der Waals surface area contributed by atoms with Crippen molar-refractivity contribution in [3.8, 4) is 44.9 Å². The van der Waals surface area contributed by atoms with Crippen LogP contribution in [-0.4, -0.2) is 0 Å². The highest BCUT2D eigenvalue weighted by molar-refractivity contribution is 6.24. The summed E-state index contributed by atoms with van der Waals surface area (Å²) in [6.07, 6.45) is 15.4. The zero-order valence-corrected chi connectivity index (χ0v) is 38.5. The molecule has 0 saturated heterocycles. The van der Waals surface area contributed by atoms with Gasteiger partial charge in [-0.1, -0.05) is 127 Å². The van der Waals surface area contributed by atoms with Crippen LogP contribution in [0.15, 0.2) is 235 Å². The normalized spacial score (nSPS) is 13.6. The molecule has 0 spiro atoms. The number of allylic oxidation sites excluding steroid dienone is 5. The molecular formula is C66H46N2O2. The number of rotatable bonds is 8. The molecule has 4 nitrogen and oxygen atoms in total. The van der Waals surface area contributed by atoms with Gasteiger partial charge in [0, 0.05) is 73.6 Å². The minimum absolute atomic E-state index is 0.809. The maximum absolute atomic E-state index is 6.94. The maximum atomic E-state index is 6.94. The zero-order chi connectivity index (χ0) is 46.1. The van der Waals surface area contributed by atoms with E-state index < -0.39 is 0 Å². The van der Waals surface area contributed by atoms with Crippen molar-refractivity contribution in [1.82, 2.24) is 0 Å². The van der Waals surface area contributed by atoms with Crippen LogP contribution in [0.5, 0.6) is 11.5 Å². The minimum atomic E-state index is 0.809. The van der Waals surface area contributed by atoms with Crippen LogP contribution in [0.4, 0.5) is 28.4 Å². The van der Waals surface area contributed by atoms with Gasteiger partial charge in [0.2, 0.25) is 0 Å². The number of aryl methyl sites for hydroxylation is 1. The molecule has 0 bridgehead atoms. The number of benzene rings is 10. The van der Waals surface area contributed by atoms with Crippen LogP contribution in [0.1, 0.15) is 30.4 Å². The molecular weight excluding hydrogens is 853 g/mol. The Morgan fingerprint density at radius 3 is 1.93 bits per heavy atom. The highest BCUT2D eigenvalue weighted by Gasteiger charge is 2.26. The number of anilines is 5. The molecule has 11 aromatic rings. The molecule has 1 aliphatic heterocycles. The third kappa shape index (κ3) is 6.83. The van der Waals surface area contributed by atoms with Gasteiger partial charge in [-0.25, -0.2) is 0 Å². The van der Waals surface area contributed by atoms with E-state index in [1.165, 1.54) is 49.9 Å². The van der Waals surface area contributed by atoms with Crippen molar-refractivity contribution in [2.24, 2.45) is 0 Å². The second kappa shape index (κ2) is 16.4. The van der Waals surface area contributed by atoms with Crippen LogP contribution >= 0.6 is 0 Å². The monoisotopic (exact) mass is 898 g/mol. The molecule has 0 fully saturated rings. The Balaban J connectivity index is 0.831. The molecule has 14 rings (SSSR count). The van der Waals surface area contributed by atoms with Crippen LogP contribution in [0.2, 0.25) is 0 Å². The van der Waals surface area contributed by atoms with E-state index in [0.29, 0.717) is 0 Å². The fraction of sp³-hybridized carbons (Fsp3) is 0.0606. The second-order valence-corrected chi connectivity index (χ2v) is 18.7. The summed E-state index contributed by atoms with van der Waals surface area (Å²) in [6, 6.07) is 72.5. The van der Waals surface area contributed by atoms with Crippen LogP contribution < -0.4 is 14.5 Å². The molecule has 2 heterocycles. The Hall–Kier alpha value is -8.86. The van der Waals surface area contributed by atoms with Crippen LogP contribution in [-0.2, 0) is 6.42 Å². The number of hydrogen-bond donors (Lipinski definition) is 0. The van der Waals surface area contributed by atoms with Crippen molar-refractivity contribution in [2.45, 2.75) is 25.7 Å². The van der Waals surface area contributed by atoms with Crippen LogP contribution in [0.25, 0.3) is 82.9 Å². The Labute approximate surface area is 406 Å². The molecule has 10 aromatic carbocycles. The summed E-state index contributed by atoms with van der Waals surface area (Å²) in [4.78, 5) is 4.69. The molecule has 0 radical (unpaired) electrons. The van der Waals surface area contributed by atoms with Gasteiger partial charge >= 0.3 is 0 Å². The number of fused-ring (bicyclic) bond motifs is 8. The topological polar surface area (TPSA) is 28.9 Å². The fourth-order valence-electron chi connectivity index (χ4n) is 11.1. The average Bonchev–Trinajstić information content (AvgIpc) is 3.80. The quantitative estimate of drug-likeness (QED) is 0.152. The lowest BCUT2D eigenvalue weighted by molar-refractivity contribution is 0.487. The second-order valence-electron chi connectivity index (χ2n) is 18.7. The number of nitrogens with zero attached hydrogens (tertiary/aromatic N) is 2. The van der Waals surface area contributed by atoms with Crippen molar-refractivity contribution in [3.05, 3.63) is 241 Å². The van der Waals surface area contributed by atoms with Gasteiger partial charge in [-0.15, -0.1) is 0 Å². The fourth-order valence-corrected chi connectivity index (χ4v) is 11.1. The first-order valence-electron chi connectivity index (χ1n) is 24.4. The predicted octanol–water partition coefficient (Wildman–Crippen LogP) is 18.8. The Morgan fingerprint density at radius 2 is 1.10 bits per heavy atom. The van der Waals surface area contributed by atoms with E-state index in [1.807, 2.05) is 0 Å². The van der Waals surface area contributed by atoms with Gasteiger partial charge in [0.25, 0.3) is 0 Å². The third-order valence-electron chi connectivity index (χ3n) is 14.5. The van der Waals surface area contributed by atoms with E-state index in [4.69, 9.17) is 9.15 Å². The Kier molecular flexibility index (Phi) is 9.44. The first-order chi connectivity index (χ1) is 34.7. The first kappa shape index (κ1) is 40.2. The Bertz CT molecular complexity index is 3970. The molecule has 3 aliphatic rings. The number of hydrogen-bond acceptors (Lipinski definition) is 4. The standard InChI is InChI=1S/C66H46N2O2/c1-3-16-51(17-4-1)67(53-30-26-45(27-31-53)49-24-22-43-12-7-9-14-47(43)38-49)55-34-36-57-60-42-64-65(59-20-11-21-61(66(59)60)69-62(57)40-55)58-37-35-56(41-63(58)70-64)68(52-18-5-2-6-19-52)54-32-28-46(29-33-54)50-25-23-44-13-8-10-15-48(44)39-50/h1-5,7,9-12,14-18,20-42H,6,8,13,19H2. The first-order valence-corrected chi connectivity index (χ1v) is 24.4. The molecule has 0 saturated carbocycles. The number of ether oxygens (including phenoxy) is 1. The smallest absolute Gasteiger partial charge is 0.137 e. The van der Waals surface area contributed by atoms with E-state index in [1.54, 1.807) is 0 Å². The maximum Gasteiger partial charge on any atom is 0.137 e. The number of furan rings is 1. The molecule has 0 unspecified atom stereocenters. The summed E-state index contributed by atoms with van der Waals surface area (Å²) in [5.41, 5.74) is 18.0. The average molecular weight is 899 g/mol. The van der Waals surface area contributed by atoms with Crippen molar-refractivity contribution in [3.63, 3.8) is 0 Å². The summed E-state index contributed by atoms with van der Waals surface area (Å²) in [5.74, 6) is 1.65. The number of para-hydroxylation sites is 1. The van der Waals surface area contributed by atoms with Crippen molar-refractivity contribution < 1.29 is 9.15 Å². The van der Waals surface area contributed by atoms with E-state index in [0.717, 1.165) is 109 Å². The summed E-state index contributed by atoms with van der Waals surface area (Å²) in [5, 5.41) is 6.89. The van der Waals surface area contributed by atoms with Gasteiger partial charge in [0.05, 0.1) is 0 Å². The largest absolute Gasteiger partial charge is 0.456 e. The van der Waals surface area contributed by atoms with Gasteiger partial charge in [-0.3, -0.25) is 0 Å². The Morgan fingerprint density at radius 1 is 0.400 bits per heavy atom. The minimum Gasteiger partial charge on any atom is -0.456 e. The summed E-state index contributed by atoms with van der Waals surface area (Å²) in [6.45, 7) is 0. The molecule has 0 N–H and O–H groups in total.